The van der Waals surface area contributed by atoms with E-state index >= 15 is 0 Å². The smallest absolute Gasteiger partial charge is 0.329 e. The average Bonchev–Trinajstić information content (AvgIpc) is 3.27. The van der Waals surface area contributed by atoms with Gasteiger partial charge in [-0.2, -0.15) is 18.4 Å². The molecule has 3 amide bonds. The number of urea groups is 1. The molecular formula is C28H22F3N5O4S. The van der Waals surface area contributed by atoms with Crippen molar-refractivity contribution in [2.24, 2.45) is 0 Å². The van der Waals surface area contributed by atoms with E-state index in [0.717, 1.165) is 17.0 Å². The van der Waals surface area contributed by atoms with E-state index in [-0.39, 0.29) is 34.9 Å². The Kier molecular flexibility index (Phi) is 7.06. The summed E-state index contributed by atoms with van der Waals surface area (Å²) in [5, 5.41) is 11.9. The highest BCUT2D eigenvalue weighted by Crippen LogP contribution is 2.40. The Balaban J connectivity index is 1.54. The van der Waals surface area contributed by atoms with Gasteiger partial charge in [0.1, 0.15) is 0 Å². The van der Waals surface area contributed by atoms with Crippen molar-refractivity contribution >= 4 is 27.6 Å². The molecule has 9 nitrogen and oxygen atoms in total. The van der Waals surface area contributed by atoms with Crippen LogP contribution in [0.4, 0.5) is 23.7 Å². The highest BCUT2D eigenvalue weighted by atomic mass is 32.2. The first-order valence-electron chi connectivity index (χ1n) is 12.3. The molecule has 0 spiro atoms. The molecule has 13 heteroatoms. The zero-order valence-corrected chi connectivity index (χ0v) is 22.3. The fourth-order valence-corrected chi connectivity index (χ4v) is 5.56. The lowest BCUT2D eigenvalue weighted by Gasteiger charge is -2.33. The summed E-state index contributed by atoms with van der Waals surface area (Å²) < 4.78 is 66.8. The maximum atomic E-state index is 13.8. The van der Waals surface area contributed by atoms with Crippen molar-refractivity contribution in [2.45, 2.75) is 23.7 Å². The molecule has 5 rings (SSSR count). The van der Waals surface area contributed by atoms with Gasteiger partial charge in [0, 0.05) is 6.54 Å². The number of nitrogens with one attached hydrogen (secondary N) is 2. The molecule has 2 aliphatic rings. The summed E-state index contributed by atoms with van der Waals surface area (Å²) in [6.45, 7) is -0.0302. The molecule has 0 saturated heterocycles. The van der Waals surface area contributed by atoms with E-state index in [1.54, 1.807) is 36.4 Å². The molecule has 0 saturated carbocycles. The normalized spacial score (nSPS) is 17.4. The summed E-state index contributed by atoms with van der Waals surface area (Å²) in [5.74, 6) is -0.446. The van der Waals surface area contributed by atoms with Crippen molar-refractivity contribution < 1.29 is 31.2 Å². The lowest BCUT2D eigenvalue weighted by molar-refractivity contribution is -0.137. The van der Waals surface area contributed by atoms with Crippen molar-refractivity contribution in [3.8, 4) is 6.07 Å². The molecule has 1 unspecified atom stereocenters. The fourth-order valence-electron chi connectivity index (χ4n) is 4.83. The number of amides is 3. The van der Waals surface area contributed by atoms with Crippen LogP contribution in [0.5, 0.6) is 0 Å². The Morgan fingerprint density at radius 1 is 1.05 bits per heavy atom. The van der Waals surface area contributed by atoms with Crippen LogP contribution in [0.1, 0.15) is 28.3 Å². The van der Waals surface area contributed by atoms with Gasteiger partial charge >= 0.3 is 12.2 Å². The van der Waals surface area contributed by atoms with Crippen LogP contribution in [0.25, 0.3) is 0 Å². The molecule has 2 heterocycles. The van der Waals surface area contributed by atoms with Crippen molar-refractivity contribution in [1.82, 2.24) is 14.9 Å². The Morgan fingerprint density at radius 2 is 1.73 bits per heavy atom. The number of hydrogen-bond donors (Lipinski definition) is 2. The van der Waals surface area contributed by atoms with Gasteiger partial charge in [0.05, 0.1) is 51.6 Å². The standard InChI is InChI=1S/C28H22F3N5O4S/c1-33-41(39,40)22-11-7-18(8-12-22)15-35-16-23-24(26(35)37)25(19-9-5-17(14-32)6-10-19)34-27(38)36(23)21-4-2-3-20(13-21)28(29,30)31/h2-13,25,33H,15-16H2,1H3,(H,34,38). The van der Waals surface area contributed by atoms with Gasteiger partial charge in [0.15, 0.2) is 0 Å². The lowest BCUT2D eigenvalue weighted by atomic mass is 9.94. The molecule has 0 fully saturated rings. The maximum absolute atomic E-state index is 13.8. The zero-order chi connectivity index (χ0) is 29.5. The van der Waals surface area contributed by atoms with E-state index in [1.165, 1.54) is 36.2 Å². The first-order chi connectivity index (χ1) is 19.4. The number of nitrogens with zero attached hydrogens (tertiary/aromatic N) is 3. The predicted molar refractivity (Wildman–Crippen MR) is 141 cm³/mol. The van der Waals surface area contributed by atoms with Crippen molar-refractivity contribution in [3.05, 3.63) is 106 Å². The summed E-state index contributed by atoms with van der Waals surface area (Å²) in [6, 6.07) is 16.9. The summed E-state index contributed by atoms with van der Waals surface area (Å²) in [7, 11) is -2.37. The minimum atomic E-state index is -4.64. The first-order valence-corrected chi connectivity index (χ1v) is 13.7. The number of hydrogen-bond acceptors (Lipinski definition) is 5. The van der Waals surface area contributed by atoms with E-state index in [2.05, 4.69) is 10.0 Å². The Bertz CT molecular complexity index is 1710. The molecule has 210 valence electrons. The van der Waals surface area contributed by atoms with Gasteiger partial charge in [-0.3, -0.25) is 9.69 Å². The predicted octanol–water partition coefficient (Wildman–Crippen LogP) is 4.05. The average molecular weight is 582 g/mol. The second-order valence-electron chi connectivity index (χ2n) is 9.37. The van der Waals surface area contributed by atoms with E-state index < -0.39 is 39.7 Å². The number of halogens is 3. The fraction of sp³-hybridized carbons (Fsp3) is 0.179. The zero-order valence-electron chi connectivity index (χ0n) is 21.4. The molecule has 1 atom stereocenters. The number of alkyl halides is 3. The van der Waals surface area contributed by atoms with Gasteiger partial charge < -0.3 is 10.2 Å². The molecule has 0 aliphatic carbocycles. The largest absolute Gasteiger partial charge is 0.416 e. The Labute approximate surface area is 233 Å². The van der Waals surface area contributed by atoms with Crippen LogP contribution in [-0.2, 0) is 27.5 Å². The number of benzene rings is 3. The minimum Gasteiger partial charge on any atom is -0.329 e. The second kappa shape index (κ2) is 10.4. The van der Waals surface area contributed by atoms with Crippen LogP contribution >= 0.6 is 0 Å². The third-order valence-corrected chi connectivity index (χ3v) is 8.31. The highest BCUT2D eigenvalue weighted by molar-refractivity contribution is 7.89. The van der Waals surface area contributed by atoms with Crippen molar-refractivity contribution in [3.63, 3.8) is 0 Å². The molecule has 2 N–H and O–H groups in total. The highest BCUT2D eigenvalue weighted by Gasteiger charge is 2.45. The Morgan fingerprint density at radius 3 is 2.34 bits per heavy atom. The van der Waals surface area contributed by atoms with E-state index in [1.807, 2.05) is 6.07 Å². The molecule has 0 aromatic heterocycles. The second-order valence-corrected chi connectivity index (χ2v) is 11.3. The number of sulfonamides is 1. The monoisotopic (exact) mass is 581 g/mol. The summed E-state index contributed by atoms with van der Waals surface area (Å²) in [4.78, 5) is 29.7. The number of carbonyl (C=O) groups excluding carboxylic acids is 2. The third kappa shape index (κ3) is 5.27. The molecule has 3 aromatic carbocycles. The number of anilines is 1. The topological polar surface area (TPSA) is 123 Å². The van der Waals surface area contributed by atoms with Gasteiger partial charge in [0.25, 0.3) is 5.91 Å². The van der Waals surface area contributed by atoms with Crippen LogP contribution in [0, 0.1) is 11.3 Å². The van der Waals surface area contributed by atoms with Gasteiger partial charge in [0.2, 0.25) is 10.0 Å². The molecule has 0 radical (unpaired) electrons. The summed E-state index contributed by atoms with van der Waals surface area (Å²) >= 11 is 0. The van der Waals surface area contributed by atoms with Crippen LogP contribution in [0.2, 0.25) is 0 Å². The van der Waals surface area contributed by atoms with E-state index in [0.29, 0.717) is 16.7 Å². The van der Waals surface area contributed by atoms with Crippen LogP contribution in [0.3, 0.4) is 0 Å². The number of rotatable bonds is 6. The van der Waals surface area contributed by atoms with Crippen LogP contribution in [0.15, 0.2) is 89.0 Å². The third-order valence-electron chi connectivity index (χ3n) is 6.88. The number of nitriles is 1. The lowest BCUT2D eigenvalue weighted by Crippen LogP contribution is -2.47. The maximum Gasteiger partial charge on any atom is 0.416 e. The van der Waals surface area contributed by atoms with Gasteiger partial charge in [-0.05, 0) is 60.6 Å². The summed E-state index contributed by atoms with van der Waals surface area (Å²) in [6.07, 6.45) is -4.64. The molecular weight excluding hydrogens is 559 g/mol. The minimum absolute atomic E-state index is 0.0420. The van der Waals surface area contributed by atoms with Gasteiger partial charge in [-0.1, -0.05) is 30.3 Å². The van der Waals surface area contributed by atoms with Crippen LogP contribution in [-0.4, -0.2) is 38.8 Å². The van der Waals surface area contributed by atoms with E-state index in [9.17, 15) is 31.2 Å². The van der Waals surface area contributed by atoms with E-state index in [4.69, 9.17) is 5.26 Å². The van der Waals surface area contributed by atoms with Gasteiger partial charge in [-0.15, -0.1) is 0 Å². The quantitative estimate of drug-likeness (QED) is 0.455. The van der Waals surface area contributed by atoms with Crippen molar-refractivity contribution in [2.75, 3.05) is 18.5 Å². The molecule has 3 aromatic rings. The van der Waals surface area contributed by atoms with Crippen LogP contribution < -0.4 is 14.9 Å². The molecule has 0 bridgehead atoms. The molecule has 41 heavy (non-hydrogen) atoms. The first kappa shape index (κ1) is 27.9. The van der Waals surface area contributed by atoms with Gasteiger partial charge in [-0.25, -0.2) is 17.9 Å². The SMILES string of the molecule is CNS(=O)(=O)c1ccc(CN2CC3=C(C2=O)C(c2ccc(C#N)cc2)NC(=O)N3c2cccc(C(F)(F)F)c2)cc1. The number of carbonyl (C=O) groups is 2. The summed E-state index contributed by atoms with van der Waals surface area (Å²) in [5.41, 5.74) is 0.900. The Hall–Kier alpha value is -4.67. The van der Waals surface area contributed by atoms with Crippen molar-refractivity contribution in [1.29, 1.82) is 5.26 Å². The molecule has 2 aliphatic heterocycles.